The number of carbonyl (C=O) groups is 2. The first-order valence-electron chi connectivity index (χ1n) is 7.04. The number of aryl methyl sites for hydroxylation is 1. The molecule has 118 valence electrons. The summed E-state index contributed by atoms with van der Waals surface area (Å²) in [7, 11) is 0. The molecule has 0 unspecified atom stereocenters. The number of halogens is 1. The van der Waals surface area contributed by atoms with Crippen molar-refractivity contribution in [3.05, 3.63) is 34.3 Å². The van der Waals surface area contributed by atoms with Gasteiger partial charge in [-0.05, 0) is 50.5 Å². The Morgan fingerprint density at radius 2 is 1.77 bits per heavy atom. The van der Waals surface area contributed by atoms with Crippen molar-refractivity contribution < 1.29 is 19.1 Å². The van der Waals surface area contributed by atoms with Crippen molar-refractivity contribution in [1.82, 2.24) is 0 Å². The Labute approximate surface area is 134 Å². The van der Waals surface area contributed by atoms with Gasteiger partial charge in [0.05, 0.1) is 24.8 Å². The van der Waals surface area contributed by atoms with Gasteiger partial charge in [0.2, 0.25) is 0 Å². The van der Waals surface area contributed by atoms with E-state index in [1.165, 1.54) is 0 Å². The summed E-state index contributed by atoms with van der Waals surface area (Å²) in [6, 6.07) is 6.95. The van der Waals surface area contributed by atoms with Crippen LogP contribution in [-0.4, -0.2) is 25.2 Å². The van der Waals surface area contributed by atoms with E-state index in [-0.39, 0.29) is 19.6 Å². The van der Waals surface area contributed by atoms with Crippen LogP contribution in [0.4, 0.5) is 0 Å². The molecule has 1 rings (SSSR count). The van der Waals surface area contributed by atoms with E-state index in [2.05, 4.69) is 0 Å². The van der Waals surface area contributed by atoms with Gasteiger partial charge >= 0.3 is 11.9 Å². The highest BCUT2D eigenvalue weighted by Crippen LogP contribution is 2.19. The third-order valence-corrected chi connectivity index (χ3v) is 3.17. The van der Waals surface area contributed by atoms with Crippen molar-refractivity contribution in [1.29, 1.82) is 5.26 Å². The van der Waals surface area contributed by atoms with Crippen LogP contribution in [0.3, 0.4) is 0 Å². The highest BCUT2D eigenvalue weighted by atomic mass is 35.5. The highest BCUT2D eigenvalue weighted by Gasteiger charge is 2.29. The summed E-state index contributed by atoms with van der Waals surface area (Å²) in [6.45, 7) is 3.75. The number of rotatable bonds is 7. The molecule has 22 heavy (non-hydrogen) atoms. The normalized spacial score (nSPS) is 10.1. The van der Waals surface area contributed by atoms with Crippen molar-refractivity contribution in [2.45, 2.75) is 26.7 Å². The van der Waals surface area contributed by atoms with E-state index < -0.39 is 17.9 Å². The van der Waals surface area contributed by atoms with Crippen molar-refractivity contribution in [2.24, 2.45) is 5.92 Å². The van der Waals surface area contributed by atoms with E-state index >= 15 is 0 Å². The molecule has 1 aromatic carbocycles. The molecule has 0 fully saturated rings. The Hall–Kier alpha value is -2.06. The summed E-state index contributed by atoms with van der Waals surface area (Å²) >= 11 is 5.93. The molecular formula is C16H18ClNO4. The molecule has 0 amide bonds. The highest BCUT2D eigenvalue weighted by molar-refractivity contribution is 6.30. The zero-order chi connectivity index (χ0) is 16.5. The van der Waals surface area contributed by atoms with Crippen molar-refractivity contribution in [2.75, 3.05) is 13.2 Å². The van der Waals surface area contributed by atoms with Gasteiger partial charge in [0.25, 0.3) is 0 Å². The van der Waals surface area contributed by atoms with E-state index in [0.29, 0.717) is 17.0 Å². The Balaban J connectivity index is 2.82. The Bertz CT molecular complexity index is 562. The summed E-state index contributed by atoms with van der Waals surface area (Å²) in [6.07, 6.45) is 0.653. The summed E-state index contributed by atoms with van der Waals surface area (Å²) in [5, 5.41) is 9.37. The van der Waals surface area contributed by atoms with Gasteiger partial charge in [0, 0.05) is 5.02 Å². The lowest BCUT2D eigenvalue weighted by atomic mass is 9.98. The summed E-state index contributed by atoms with van der Waals surface area (Å²) in [4.78, 5) is 23.7. The quantitative estimate of drug-likeness (QED) is 0.569. The van der Waals surface area contributed by atoms with E-state index in [9.17, 15) is 9.59 Å². The maximum atomic E-state index is 11.9. The molecule has 0 radical (unpaired) electrons. The number of hydrogen-bond donors (Lipinski definition) is 0. The number of benzene rings is 1. The molecular weight excluding hydrogens is 306 g/mol. The number of esters is 2. The molecule has 0 heterocycles. The van der Waals surface area contributed by atoms with Crippen LogP contribution >= 0.6 is 11.6 Å². The van der Waals surface area contributed by atoms with Crippen LogP contribution in [0.15, 0.2) is 18.2 Å². The number of nitrogens with zero attached hydrogens (tertiary/aromatic N) is 1. The monoisotopic (exact) mass is 323 g/mol. The molecule has 0 aliphatic rings. The molecule has 0 aliphatic heterocycles. The second-order valence-electron chi connectivity index (χ2n) is 4.56. The van der Waals surface area contributed by atoms with Crippen LogP contribution in [0.2, 0.25) is 5.02 Å². The Morgan fingerprint density at radius 1 is 1.18 bits per heavy atom. The van der Waals surface area contributed by atoms with Gasteiger partial charge < -0.3 is 9.47 Å². The SMILES string of the molecule is CCOC(=O)C(CCc1cc(Cl)cc(C#N)c1)C(=O)OCC. The van der Waals surface area contributed by atoms with Crippen LogP contribution in [0.25, 0.3) is 0 Å². The summed E-state index contributed by atoms with van der Waals surface area (Å²) in [5.41, 5.74) is 1.22. The molecule has 1 aromatic rings. The molecule has 0 spiro atoms. The van der Waals surface area contributed by atoms with E-state index in [1.807, 2.05) is 6.07 Å². The molecule has 6 heteroatoms. The lowest BCUT2D eigenvalue weighted by Crippen LogP contribution is -2.28. The fourth-order valence-corrected chi connectivity index (χ4v) is 2.25. The summed E-state index contributed by atoms with van der Waals surface area (Å²) < 4.78 is 9.82. The molecule has 0 saturated heterocycles. The van der Waals surface area contributed by atoms with E-state index in [0.717, 1.165) is 5.56 Å². The van der Waals surface area contributed by atoms with Gasteiger partial charge in [-0.3, -0.25) is 9.59 Å². The van der Waals surface area contributed by atoms with Gasteiger partial charge in [-0.25, -0.2) is 0 Å². The van der Waals surface area contributed by atoms with Crippen molar-refractivity contribution >= 4 is 23.5 Å². The minimum Gasteiger partial charge on any atom is -0.465 e. The molecule has 5 nitrogen and oxygen atoms in total. The van der Waals surface area contributed by atoms with Crippen LogP contribution in [-0.2, 0) is 25.5 Å². The number of nitriles is 1. The number of hydrogen-bond acceptors (Lipinski definition) is 5. The molecule has 0 N–H and O–H groups in total. The average Bonchev–Trinajstić information content (AvgIpc) is 2.47. The Morgan fingerprint density at radius 3 is 2.27 bits per heavy atom. The van der Waals surface area contributed by atoms with E-state index in [4.69, 9.17) is 26.3 Å². The molecule has 0 atom stereocenters. The average molecular weight is 324 g/mol. The third kappa shape index (κ3) is 5.38. The first kappa shape index (κ1) is 18.0. The lowest BCUT2D eigenvalue weighted by Gasteiger charge is -2.14. The maximum Gasteiger partial charge on any atom is 0.320 e. The van der Waals surface area contributed by atoms with Gasteiger partial charge in [-0.2, -0.15) is 5.26 Å². The van der Waals surface area contributed by atoms with Crippen LogP contribution < -0.4 is 0 Å². The van der Waals surface area contributed by atoms with Crippen molar-refractivity contribution in [3.63, 3.8) is 0 Å². The predicted molar refractivity (Wildman–Crippen MR) is 81.2 cm³/mol. The zero-order valence-corrected chi connectivity index (χ0v) is 13.4. The Kier molecular flexibility index (Phi) is 7.41. The van der Waals surface area contributed by atoms with Gasteiger partial charge in [-0.1, -0.05) is 11.6 Å². The van der Waals surface area contributed by atoms with Crippen LogP contribution in [0.5, 0.6) is 0 Å². The topological polar surface area (TPSA) is 76.4 Å². The fourth-order valence-electron chi connectivity index (χ4n) is 1.99. The third-order valence-electron chi connectivity index (χ3n) is 2.95. The minimum atomic E-state index is -0.968. The van der Waals surface area contributed by atoms with Gasteiger partial charge in [-0.15, -0.1) is 0 Å². The second kappa shape index (κ2) is 9.06. The van der Waals surface area contributed by atoms with Gasteiger partial charge in [0.1, 0.15) is 0 Å². The molecule has 0 aromatic heterocycles. The number of carbonyl (C=O) groups excluding carboxylic acids is 2. The molecule has 0 bridgehead atoms. The van der Waals surface area contributed by atoms with E-state index in [1.54, 1.807) is 32.0 Å². The smallest absolute Gasteiger partial charge is 0.320 e. The largest absolute Gasteiger partial charge is 0.465 e. The maximum absolute atomic E-state index is 11.9. The predicted octanol–water partition coefficient (Wildman–Crippen LogP) is 2.89. The minimum absolute atomic E-state index is 0.199. The fraction of sp³-hybridized carbons (Fsp3) is 0.438. The summed E-state index contributed by atoms with van der Waals surface area (Å²) in [5.74, 6) is -2.16. The standard InChI is InChI=1S/C16H18ClNO4/c1-3-21-15(19)14(16(20)22-4-2)6-5-11-7-12(10-18)9-13(17)8-11/h7-9,14H,3-6H2,1-2H3. The van der Waals surface area contributed by atoms with Crippen molar-refractivity contribution in [3.8, 4) is 6.07 Å². The van der Waals surface area contributed by atoms with Crippen LogP contribution in [0, 0.1) is 17.2 Å². The van der Waals surface area contributed by atoms with Gasteiger partial charge in [0.15, 0.2) is 5.92 Å². The second-order valence-corrected chi connectivity index (χ2v) is 4.99. The first-order chi connectivity index (χ1) is 10.5. The zero-order valence-electron chi connectivity index (χ0n) is 12.6. The molecule has 0 aliphatic carbocycles. The van der Waals surface area contributed by atoms with Crippen LogP contribution in [0.1, 0.15) is 31.4 Å². The first-order valence-corrected chi connectivity index (χ1v) is 7.42. The lowest BCUT2D eigenvalue weighted by molar-refractivity contribution is -0.161. The molecule has 0 saturated carbocycles. The number of ether oxygens (including phenoxy) is 2.